The van der Waals surface area contributed by atoms with Gasteiger partial charge < -0.3 is 19.5 Å². The molecule has 3 unspecified atom stereocenters. The van der Waals surface area contributed by atoms with Gasteiger partial charge in [0, 0.05) is 30.8 Å². The van der Waals surface area contributed by atoms with Crippen LogP contribution in [0.15, 0.2) is 18.2 Å². The van der Waals surface area contributed by atoms with E-state index in [4.69, 9.17) is 12.4 Å². The van der Waals surface area contributed by atoms with Crippen LogP contribution in [0.5, 0.6) is 0 Å². The minimum absolute atomic E-state index is 0.220. The molecule has 1 saturated carbocycles. The molecular weight excluding hydrogens is 354 g/mol. The zero-order chi connectivity index (χ0) is 21.2. The third kappa shape index (κ3) is 4.11. The van der Waals surface area contributed by atoms with Gasteiger partial charge in [-0.05, 0) is 60.5 Å². The Morgan fingerprint density at radius 2 is 2.07 bits per heavy atom. The van der Waals surface area contributed by atoms with Crippen LogP contribution < -0.4 is 4.90 Å². The van der Waals surface area contributed by atoms with Crippen molar-refractivity contribution in [1.82, 2.24) is 0 Å². The molecule has 1 heterocycles. The predicted molar refractivity (Wildman–Crippen MR) is 114 cm³/mol. The van der Waals surface area contributed by atoms with Gasteiger partial charge in [-0.1, -0.05) is 32.9 Å². The van der Waals surface area contributed by atoms with E-state index >= 15 is 0 Å². The number of fused-ring (bicyclic) bond motifs is 3. The van der Waals surface area contributed by atoms with E-state index in [1.165, 1.54) is 11.3 Å². The molecule has 1 aliphatic carbocycles. The zero-order valence-corrected chi connectivity index (χ0v) is 18.6. The maximum Gasteiger partial charge on any atom is 0.211 e. The molecule has 2 aliphatic rings. The Bertz CT molecular complexity index is 695. The summed E-state index contributed by atoms with van der Waals surface area (Å²) in [5.41, 5.74) is 3.72. The summed E-state index contributed by atoms with van der Waals surface area (Å²) in [6.07, 6.45) is 3.29. The van der Waals surface area contributed by atoms with Crippen molar-refractivity contribution in [1.29, 1.82) is 2.86 Å². The normalized spacial score (nSPS) is 26.4. The first-order valence-electron chi connectivity index (χ1n) is 11.2. The number of nitrogens with zero attached hydrogens (tertiary/aromatic N) is 1. The van der Waals surface area contributed by atoms with Crippen molar-refractivity contribution < 1.29 is 14.6 Å². The minimum Gasteiger partial charge on any atom is -0.415 e. The fourth-order valence-electron chi connectivity index (χ4n) is 4.43. The monoisotopic (exact) mass is 393 g/mol. The lowest BCUT2D eigenvalue weighted by atomic mass is 9.76. The van der Waals surface area contributed by atoms with E-state index in [2.05, 4.69) is 62.1 Å². The van der Waals surface area contributed by atoms with Gasteiger partial charge in [0.1, 0.15) is 0 Å². The summed E-state index contributed by atoms with van der Waals surface area (Å²) >= 11 is 0. The van der Waals surface area contributed by atoms with E-state index in [1.807, 2.05) is 0 Å². The molecule has 0 radical (unpaired) electrons. The van der Waals surface area contributed by atoms with Gasteiger partial charge in [0.15, 0.2) is 8.32 Å². The molecule has 27 heavy (non-hydrogen) atoms. The summed E-state index contributed by atoms with van der Waals surface area (Å²) in [4.78, 5) is 2.55. The van der Waals surface area contributed by atoms with E-state index in [-0.39, 0.29) is 5.04 Å². The first-order valence-corrected chi connectivity index (χ1v) is 13.3. The van der Waals surface area contributed by atoms with Crippen molar-refractivity contribution in [3.05, 3.63) is 29.3 Å². The van der Waals surface area contributed by atoms with Crippen molar-refractivity contribution >= 4 is 14.0 Å². The van der Waals surface area contributed by atoms with Crippen molar-refractivity contribution in [2.45, 2.75) is 76.7 Å². The molecule has 1 aromatic carbocycles. The molecular formula is C22H37NO3Si. The highest BCUT2D eigenvalue weighted by Crippen LogP contribution is 2.49. The molecule has 3 rings (SSSR count). The van der Waals surface area contributed by atoms with Crippen LogP contribution >= 0.6 is 0 Å². The second-order valence-electron chi connectivity index (χ2n) is 9.86. The number of aliphatic hydroxyl groups excluding tert-OH is 2. The van der Waals surface area contributed by atoms with Gasteiger partial charge in [-0.25, -0.2) is 0 Å². The van der Waals surface area contributed by atoms with Crippen LogP contribution in [-0.2, 0) is 11.0 Å². The lowest BCUT2D eigenvalue weighted by Gasteiger charge is -2.39. The Hall–Kier alpha value is -0.883. The molecule has 0 aromatic heterocycles. The predicted octanol–water partition coefficient (Wildman–Crippen LogP) is 4.27. The van der Waals surface area contributed by atoms with Gasteiger partial charge in [0.2, 0.25) is 2.86 Å². The Kier molecular flexibility index (Phi) is 5.29. The number of benzene rings is 1. The SMILES string of the molecule is [2H]OCc1ccc2c(c1)C1CC(CO[2H])CCC1N2CCO[Si](C)(C)C(C)(C)C. The smallest absolute Gasteiger partial charge is 0.211 e. The fraction of sp³-hybridized carbons (Fsp3) is 0.727. The lowest BCUT2D eigenvalue weighted by molar-refractivity contribution is 0.171. The van der Waals surface area contributed by atoms with Gasteiger partial charge in [0.05, 0.1) is 13.2 Å². The van der Waals surface area contributed by atoms with Crippen LogP contribution in [0.4, 0.5) is 5.69 Å². The molecule has 1 fully saturated rings. The van der Waals surface area contributed by atoms with Crippen LogP contribution in [0.3, 0.4) is 0 Å². The van der Waals surface area contributed by atoms with Crippen molar-refractivity contribution in [2.75, 3.05) is 24.7 Å². The summed E-state index contributed by atoms with van der Waals surface area (Å²) in [6.45, 7) is 14.0. The van der Waals surface area contributed by atoms with Crippen LogP contribution in [0.25, 0.3) is 0 Å². The fourth-order valence-corrected chi connectivity index (χ4v) is 5.47. The summed E-state index contributed by atoms with van der Waals surface area (Å²) in [5, 5.41) is 9.56. The zero-order valence-electron chi connectivity index (χ0n) is 19.6. The van der Waals surface area contributed by atoms with E-state index in [0.29, 0.717) is 31.1 Å². The van der Waals surface area contributed by atoms with E-state index in [1.54, 1.807) is 0 Å². The van der Waals surface area contributed by atoms with Gasteiger partial charge in [-0.15, -0.1) is 0 Å². The average molecular weight is 394 g/mol. The molecule has 3 atom stereocenters. The molecule has 1 aromatic rings. The molecule has 0 bridgehead atoms. The first-order chi connectivity index (χ1) is 13.7. The second kappa shape index (κ2) is 7.86. The van der Waals surface area contributed by atoms with E-state index in [0.717, 1.165) is 38.0 Å². The number of hydrogen-bond acceptors (Lipinski definition) is 4. The van der Waals surface area contributed by atoms with Gasteiger partial charge in [-0.2, -0.15) is 0 Å². The quantitative estimate of drug-likeness (QED) is 0.648. The van der Waals surface area contributed by atoms with E-state index < -0.39 is 8.32 Å². The van der Waals surface area contributed by atoms with Gasteiger partial charge >= 0.3 is 0 Å². The molecule has 0 spiro atoms. The number of anilines is 1. The molecule has 2 N–H and O–H groups in total. The van der Waals surface area contributed by atoms with Crippen LogP contribution in [0, 0.1) is 5.92 Å². The first kappa shape index (κ1) is 18.2. The van der Waals surface area contributed by atoms with Crippen molar-refractivity contribution in [3.63, 3.8) is 0 Å². The highest BCUT2D eigenvalue weighted by molar-refractivity contribution is 6.74. The topological polar surface area (TPSA) is 52.9 Å². The average Bonchev–Trinajstić information content (AvgIpc) is 2.94. The number of rotatable bonds is 8. The Morgan fingerprint density at radius 1 is 1.26 bits per heavy atom. The molecule has 5 heteroatoms. The summed E-state index contributed by atoms with van der Waals surface area (Å²) in [7, 11) is -1.75. The van der Waals surface area contributed by atoms with Crippen molar-refractivity contribution in [3.8, 4) is 0 Å². The largest absolute Gasteiger partial charge is 0.415 e. The molecule has 0 amide bonds. The minimum atomic E-state index is -1.75. The highest BCUT2D eigenvalue weighted by Gasteiger charge is 2.43. The maximum absolute atomic E-state index is 7.14. The van der Waals surface area contributed by atoms with Crippen molar-refractivity contribution in [2.24, 2.45) is 5.92 Å². The second-order valence-corrected chi connectivity index (χ2v) is 14.7. The van der Waals surface area contributed by atoms with E-state index in [9.17, 15) is 0 Å². The summed E-state index contributed by atoms with van der Waals surface area (Å²) in [5.74, 6) is 0.901. The van der Waals surface area contributed by atoms with Crippen LogP contribution in [-0.4, -0.2) is 47.2 Å². The number of aliphatic hydroxyl groups is 2. The van der Waals surface area contributed by atoms with Gasteiger partial charge in [0.25, 0.3) is 0 Å². The third-order valence-corrected chi connectivity index (χ3v) is 11.7. The Labute approximate surface area is 168 Å². The highest BCUT2D eigenvalue weighted by atomic mass is 28.4. The number of hydrogen-bond donors (Lipinski definition) is 2. The Morgan fingerprint density at radius 3 is 2.78 bits per heavy atom. The molecule has 4 nitrogen and oxygen atoms in total. The molecule has 152 valence electrons. The molecule has 0 saturated heterocycles. The summed E-state index contributed by atoms with van der Waals surface area (Å²) in [6, 6.07) is 6.99. The third-order valence-electron chi connectivity index (χ3n) is 7.13. The molecule has 1 aliphatic heterocycles. The lowest BCUT2D eigenvalue weighted by Crippen LogP contribution is -2.45. The van der Waals surface area contributed by atoms with Crippen LogP contribution in [0.2, 0.25) is 18.1 Å². The maximum atomic E-state index is 7.14. The van der Waals surface area contributed by atoms with Gasteiger partial charge in [-0.3, -0.25) is 0 Å². The summed E-state index contributed by atoms with van der Waals surface area (Å²) < 4.78 is 20.7. The Balaban J connectivity index is 1.78. The standard InChI is InChI=1S/C22H37NO3Si/c1-22(2,3)27(4,5)26-11-10-23-20-8-6-16(14-24)12-18(20)19-13-17(15-25)7-9-21(19)23/h6,8,12,17,19,21,24-25H,7,9-11,13-15H2,1-5H3/i24D,25D. The van der Waals surface area contributed by atoms with Crippen LogP contribution in [0.1, 0.15) is 57.1 Å².